The molecule has 0 aliphatic carbocycles. The van der Waals surface area contributed by atoms with Crippen molar-refractivity contribution >= 4 is 61.4 Å². The summed E-state index contributed by atoms with van der Waals surface area (Å²) in [5.74, 6) is 0.439. The Labute approximate surface area is 173 Å². The summed E-state index contributed by atoms with van der Waals surface area (Å²) in [5.41, 5.74) is 1.91. The van der Waals surface area contributed by atoms with Crippen LogP contribution in [0.2, 0.25) is 0 Å². The Bertz CT molecular complexity index is 986. The first kappa shape index (κ1) is 19.4. The van der Waals surface area contributed by atoms with Crippen LogP contribution in [0.15, 0.2) is 57.3 Å². The molecule has 0 saturated carbocycles. The Morgan fingerprint density at radius 3 is 2.89 bits per heavy atom. The number of rotatable bonds is 7. The zero-order valence-corrected chi connectivity index (χ0v) is 17.2. The fraction of sp³-hybridized carbons (Fsp3) is 0.111. The first-order valence-corrected chi connectivity index (χ1v) is 10.5. The van der Waals surface area contributed by atoms with Crippen molar-refractivity contribution in [2.45, 2.75) is 10.8 Å². The number of carbonyl (C=O) groups is 1. The van der Waals surface area contributed by atoms with Crippen molar-refractivity contribution in [3.8, 4) is 6.07 Å². The predicted molar refractivity (Wildman–Crippen MR) is 112 cm³/mol. The van der Waals surface area contributed by atoms with E-state index >= 15 is 0 Å². The number of hydrogen-bond donors (Lipinski definition) is 2. The molecule has 0 saturated heterocycles. The van der Waals surface area contributed by atoms with E-state index in [1.165, 1.54) is 23.1 Å². The molecule has 6 nitrogen and oxygen atoms in total. The van der Waals surface area contributed by atoms with Gasteiger partial charge >= 0.3 is 0 Å². The number of aromatic nitrogens is 2. The molecule has 1 heterocycles. The van der Waals surface area contributed by atoms with E-state index in [0.29, 0.717) is 28.6 Å². The van der Waals surface area contributed by atoms with Crippen LogP contribution in [0, 0.1) is 11.3 Å². The molecule has 0 bridgehead atoms. The minimum Gasteiger partial charge on any atom is -0.330 e. The van der Waals surface area contributed by atoms with Gasteiger partial charge in [-0.3, -0.25) is 4.79 Å². The van der Waals surface area contributed by atoms with Crippen molar-refractivity contribution < 1.29 is 4.79 Å². The smallest absolute Gasteiger partial charge is 0.225 e. The fourth-order valence-corrected chi connectivity index (χ4v) is 4.32. The maximum Gasteiger partial charge on any atom is 0.225 e. The summed E-state index contributed by atoms with van der Waals surface area (Å²) in [6, 6.07) is 16.8. The molecular weight excluding hydrogens is 446 g/mol. The normalized spacial score (nSPS) is 10.2. The van der Waals surface area contributed by atoms with Crippen LogP contribution >= 0.6 is 39.0 Å². The summed E-state index contributed by atoms with van der Waals surface area (Å²) >= 11 is 6.34. The van der Waals surface area contributed by atoms with E-state index in [9.17, 15) is 4.79 Å². The number of nitrogens with one attached hydrogen (secondary N) is 2. The number of anilines is 3. The van der Waals surface area contributed by atoms with Crippen LogP contribution in [-0.2, 0) is 4.79 Å². The largest absolute Gasteiger partial charge is 0.330 e. The quantitative estimate of drug-likeness (QED) is 0.481. The monoisotopic (exact) mass is 459 g/mol. The van der Waals surface area contributed by atoms with Crippen molar-refractivity contribution in [1.82, 2.24) is 10.2 Å². The zero-order valence-electron chi connectivity index (χ0n) is 14.0. The third-order valence-corrected chi connectivity index (χ3v) is 5.83. The number of nitrogens with zero attached hydrogens (tertiary/aromatic N) is 3. The van der Waals surface area contributed by atoms with Gasteiger partial charge in [-0.05, 0) is 30.3 Å². The van der Waals surface area contributed by atoms with Gasteiger partial charge in [0.2, 0.25) is 11.0 Å². The van der Waals surface area contributed by atoms with E-state index in [4.69, 9.17) is 5.26 Å². The number of para-hydroxylation sites is 1. The van der Waals surface area contributed by atoms with E-state index < -0.39 is 0 Å². The van der Waals surface area contributed by atoms with E-state index in [1.54, 1.807) is 24.3 Å². The molecule has 3 aromatic rings. The van der Waals surface area contributed by atoms with Crippen LogP contribution in [0.1, 0.15) is 12.0 Å². The lowest BCUT2D eigenvalue weighted by atomic mass is 10.2. The molecule has 0 aliphatic rings. The van der Waals surface area contributed by atoms with Gasteiger partial charge in [-0.2, -0.15) is 5.26 Å². The van der Waals surface area contributed by atoms with E-state index in [1.807, 2.05) is 24.3 Å². The molecule has 3 rings (SSSR count). The minimum atomic E-state index is -0.137. The van der Waals surface area contributed by atoms with E-state index in [0.717, 1.165) is 14.5 Å². The summed E-state index contributed by atoms with van der Waals surface area (Å²) in [7, 11) is 0. The summed E-state index contributed by atoms with van der Waals surface area (Å²) in [6.07, 6.45) is 0.318. The summed E-state index contributed by atoms with van der Waals surface area (Å²) in [4.78, 5) is 12.1. The lowest BCUT2D eigenvalue weighted by molar-refractivity contribution is -0.115. The molecule has 0 fully saturated rings. The van der Waals surface area contributed by atoms with Gasteiger partial charge in [0.1, 0.15) is 6.07 Å². The highest BCUT2D eigenvalue weighted by Crippen LogP contribution is 2.28. The van der Waals surface area contributed by atoms with Gasteiger partial charge in [0.15, 0.2) is 4.34 Å². The van der Waals surface area contributed by atoms with Crippen LogP contribution in [0.3, 0.4) is 0 Å². The van der Waals surface area contributed by atoms with Gasteiger partial charge in [-0.15, -0.1) is 10.2 Å². The molecular formula is C18H14BrN5OS2. The Morgan fingerprint density at radius 1 is 1.22 bits per heavy atom. The number of carbonyl (C=O) groups excluding carboxylic acids is 1. The zero-order chi connectivity index (χ0) is 19.1. The van der Waals surface area contributed by atoms with Gasteiger partial charge in [0.25, 0.3) is 0 Å². The van der Waals surface area contributed by atoms with Crippen LogP contribution < -0.4 is 10.6 Å². The highest BCUT2D eigenvalue weighted by atomic mass is 79.9. The van der Waals surface area contributed by atoms with Gasteiger partial charge in [0, 0.05) is 22.3 Å². The van der Waals surface area contributed by atoms with Crippen molar-refractivity contribution in [3.05, 3.63) is 58.6 Å². The molecule has 136 valence electrons. The van der Waals surface area contributed by atoms with Gasteiger partial charge in [-0.1, -0.05) is 57.2 Å². The number of hydrogen-bond acceptors (Lipinski definition) is 7. The minimum absolute atomic E-state index is 0.137. The maximum absolute atomic E-state index is 12.1. The molecule has 0 unspecified atom stereocenters. The van der Waals surface area contributed by atoms with Crippen molar-refractivity contribution in [1.29, 1.82) is 5.26 Å². The average Bonchev–Trinajstić information content (AvgIpc) is 3.09. The third kappa shape index (κ3) is 5.79. The Kier molecular flexibility index (Phi) is 6.81. The number of thioether (sulfide) groups is 1. The second kappa shape index (κ2) is 9.50. The molecule has 0 radical (unpaired) electrons. The number of benzene rings is 2. The summed E-state index contributed by atoms with van der Waals surface area (Å²) < 4.78 is 1.77. The summed E-state index contributed by atoms with van der Waals surface area (Å²) in [6.45, 7) is 0. The fourth-order valence-electron chi connectivity index (χ4n) is 2.14. The molecule has 1 aromatic heterocycles. The molecule has 9 heteroatoms. The molecule has 2 N–H and O–H groups in total. The number of nitriles is 1. The van der Waals surface area contributed by atoms with Gasteiger partial charge in [-0.25, -0.2) is 0 Å². The van der Waals surface area contributed by atoms with Gasteiger partial charge < -0.3 is 10.6 Å². The molecule has 0 atom stereocenters. The van der Waals surface area contributed by atoms with Crippen LogP contribution in [-0.4, -0.2) is 21.9 Å². The van der Waals surface area contributed by atoms with Crippen LogP contribution in [0.5, 0.6) is 0 Å². The van der Waals surface area contributed by atoms with Gasteiger partial charge in [0.05, 0.1) is 11.3 Å². The van der Waals surface area contributed by atoms with E-state index in [-0.39, 0.29) is 5.91 Å². The summed E-state index contributed by atoms with van der Waals surface area (Å²) in [5, 5.41) is 24.0. The standard InChI is InChI=1S/C18H14BrN5OS2/c19-13-5-3-6-14(10-13)21-17-23-24-18(27-17)26-9-8-16(25)22-15-7-2-1-4-12(15)11-20/h1-7,10H,8-9H2,(H,21,23)(H,22,25). The molecule has 0 spiro atoms. The Hall–Kier alpha value is -2.41. The maximum atomic E-state index is 12.1. The number of halogens is 1. The first-order valence-electron chi connectivity index (χ1n) is 7.92. The van der Waals surface area contributed by atoms with Crippen molar-refractivity contribution in [3.63, 3.8) is 0 Å². The van der Waals surface area contributed by atoms with E-state index in [2.05, 4.69) is 42.8 Å². The number of amides is 1. The first-order chi connectivity index (χ1) is 13.1. The molecule has 0 aliphatic heterocycles. The highest BCUT2D eigenvalue weighted by Gasteiger charge is 2.09. The average molecular weight is 460 g/mol. The van der Waals surface area contributed by atoms with Crippen LogP contribution in [0.4, 0.5) is 16.5 Å². The van der Waals surface area contributed by atoms with Crippen LogP contribution in [0.25, 0.3) is 0 Å². The third-order valence-electron chi connectivity index (χ3n) is 3.36. The van der Waals surface area contributed by atoms with Crippen molar-refractivity contribution in [2.24, 2.45) is 0 Å². The second-order valence-corrected chi connectivity index (χ2v) is 8.55. The lowest BCUT2D eigenvalue weighted by Gasteiger charge is -2.05. The lowest BCUT2D eigenvalue weighted by Crippen LogP contribution is -2.13. The molecule has 2 aromatic carbocycles. The topological polar surface area (TPSA) is 90.7 Å². The predicted octanol–water partition coefficient (Wildman–Crippen LogP) is 5.04. The molecule has 1 amide bonds. The Morgan fingerprint density at radius 2 is 2.07 bits per heavy atom. The Balaban J connectivity index is 1.47. The van der Waals surface area contributed by atoms with Crippen molar-refractivity contribution in [2.75, 3.05) is 16.4 Å². The molecule has 27 heavy (non-hydrogen) atoms. The SMILES string of the molecule is N#Cc1ccccc1NC(=O)CCSc1nnc(Nc2cccc(Br)c2)s1. The second-order valence-electron chi connectivity index (χ2n) is 5.31. The highest BCUT2D eigenvalue weighted by molar-refractivity contribution is 9.10.